The monoisotopic (exact) mass is 466 g/mol. The fourth-order valence-corrected chi connectivity index (χ4v) is 3.33. The third kappa shape index (κ3) is 6.95. The Morgan fingerprint density at radius 1 is 1.26 bits per heavy atom. The number of hydrogen-bond donors (Lipinski definition) is 1. The number of halogens is 2. The van der Waals surface area contributed by atoms with Crippen molar-refractivity contribution in [2.75, 3.05) is 54.7 Å². The Morgan fingerprint density at radius 3 is 2.65 bits per heavy atom. The van der Waals surface area contributed by atoms with Crippen LogP contribution in [0.15, 0.2) is 35.4 Å². The number of aryl methyl sites for hydroxylation is 1. The van der Waals surface area contributed by atoms with Crippen molar-refractivity contribution in [2.45, 2.75) is 6.92 Å². The predicted molar refractivity (Wildman–Crippen MR) is 121 cm³/mol. The number of amides is 1. The fraction of sp³-hybridized carbons (Fsp3) is 0.400. The lowest BCUT2D eigenvalue weighted by Gasteiger charge is -2.27. The van der Waals surface area contributed by atoms with E-state index in [9.17, 15) is 4.79 Å². The molecule has 0 aliphatic carbocycles. The SMILES string of the molecule is Cc1cc(OCC(=O)NN=Cc2ccc(N(CCl)CCl)cc2)nc(N2CCOCC2)n1. The van der Waals surface area contributed by atoms with Crippen molar-refractivity contribution >= 4 is 47.0 Å². The van der Waals surface area contributed by atoms with Crippen LogP contribution < -0.4 is 20.0 Å². The van der Waals surface area contributed by atoms with E-state index in [0.29, 0.717) is 37.0 Å². The molecule has 1 saturated heterocycles. The quantitative estimate of drug-likeness (QED) is 0.262. The third-order valence-corrected chi connectivity index (χ3v) is 4.99. The van der Waals surface area contributed by atoms with E-state index in [4.69, 9.17) is 32.7 Å². The van der Waals surface area contributed by atoms with Gasteiger partial charge in [-0.3, -0.25) is 4.79 Å². The summed E-state index contributed by atoms with van der Waals surface area (Å²) in [5, 5.41) is 3.95. The number of anilines is 2. The molecule has 9 nitrogen and oxygen atoms in total. The van der Waals surface area contributed by atoms with Crippen molar-refractivity contribution in [3.05, 3.63) is 41.6 Å². The molecule has 1 N–H and O–H groups in total. The van der Waals surface area contributed by atoms with Gasteiger partial charge in [0.15, 0.2) is 6.61 Å². The number of nitrogens with one attached hydrogen (secondary N) is 1. The number of aromatic nitrogens is 2. The smallest absolute Gasteiger partial charge is 0.278 e. The summed E-state index contributed by atoms with van der Waals surface area (Å²) in [4.78, 5) is 24.7. The summed E-state index contributed by atoms with van der Waals surface area (Å²) in [6.45, 7) is 4.34. The molecule has 166 valence electrons. The highest BCUT2D eigenvalue weighted by Gasteiger charge is 2.15. The van der Waals surface area contributed by atoms with Gasteiger partial charge in [0, 0.05) is 30.5 Å². The Labute approximate surface area is 191 Å². The normalized spacial score (nSPS) is 14.0. The van der Waals surface area contributed by atoms with Crippen LogP contribution >= 0.6 is 23.2 Å². The molecule has 1 aliphatic rings. The lowest BCUT2D eigenvalue weighted by molar-refractivity contribution is -0.123. The number of carbonyl (C=O) groups is 1. The first-order chi connectivity index (χ1) is 15.1. The van der Waals surface area contributed by atoms with Gasteiger partial charge in [-0.2, -0.15) is 10.1 Å². The minimum Gasteiger partial charge on any atom is -0.467 e. The number of nitrogens with zero attached hydrogens (tertiary/aromatic N) is 5. The van der Waals surface area contributed by atoms with Gasteiger partial charge in [0.2, 0.25) is 11.8 Å². The molecule has 2 aromatic rings. The summed E-state index contributed by atoms with van der Waals surface area (Å²) in [6.07, 6.45) is 1.54. The van der Waals surface area contributed by atoms with Crippen LogP contribution in [0.2, 0.25) is 0 Å². The van der Waals surface area contributed by atoms with Gasteiger partial charge < -0.3 is 19.3 Å². The van der Waals surface area contributed by atoms with Crippen molar-refractivity contribution in [3.63, 3.8) is 0 Å². The zero-order valence-electron chi connectivity index (χ0n) is 17.1. The average Bonchev–Trinajstić information content (AvgIpc) is 2.80. The van der Waals surface area contributed by atoms with E-state index in [2.05, 4.69) is 20.5 Å². The van der Waals surface area contributed by atoms with Gasteiger partial charge >= 0.3 is 0 Å². The summed E-state index contributed by atoms with van der Waals surface area (Å²) in [5.41, 5.74) is 4.91. The second-order valence-corrected chi connectivity index (χ2v) is 7.18. The molecular formula is C20H24Cl2N6O3. The van der Waals surface area contributed by atoms with Crippen molar-refractivity contribution in [1.29, 1.82) is 0 Å². The molecule has 0 bridgehead atoms. The number of rotatable bonds is 9. The van der Waals surface area contributed by atoms with Gasteiger partial charge in [0.25, 0.3) is 5.91 Å². The molecule has 31 heavy (non-hydrogen) atoms. The van der Waals surface area contributed by atoms with E-state index in [1.807, 2.05) is 36.1 Å². The number of alkyl halides is 2. The molecule has 1 aromatic carbocycles. The lowest BCUT2D eigenvalue weighted by Crippen LogP contribution is -2.37. The lowest BCUT2D eigenvalue weighted by atomic mass is 10.2. The summed E-state index contributed by atoms with van der Waals surface area (Å²) < 4.78 is 10.9. The van der Waals surface area contributed by atoms with E-state index < -0.39 is 5.91 Å². The summed E-state index contributed by atoms with van der Waals surface area (Å²) in [5.74, 6) is 0.515. The Kier molecular flexibility index (Phi) is 8.69. The van der Waals surface area contributed by atoms with Crippen LogP contribution in [-0.2, 0) is 9.53 Å². The standard InChI is InChI=1S/C20H24Cl2N6O3/c1-15-10-19(25-20(24-15)27-6-8-30-9-7-27)31-12-18(29)26-23-11-16-2-4-17(5-3-16)28(13-21)14-22/h2-5,10-11H,6-9,12-14H2,1H3,(H,26,29). The van der Waals surface area contributed by atoms with Crippen molar-refractivity contribution < 1.29 is 14.3 Å². The number of morpholine rings is 1. The summed E-state index contributed by atoms with van der Waals surface area (Å²) in [7, 11) is 0. The molecule has 3 rings (SSSR count). The Hall–Kier alpha value is -2.62. The molecule has 11 heteroatoms. The number of hydrazone groups is 1. The first-order valence-corrected chi connectivity index (χ1v) is 10.8. The van der Waals surface area contributed by atoms with Crippen LogP contribution in [0.25, 0.3) is 0 Å². The fourth-order valence-electron chi connectivity index (χ4n) is 2.79. The predicted octanol–water partition coefficient (Wildman–Crippen LogP) is 2.35. The highest BCUT2D eigenvalue weighted by molar-refractivity contribution is 6.22. The van der Waals surface area contributed by atoms with Gasteiger partial charge in [-0.15, -0.1) is 23.2 Å². The molecule has 0 radical (unpaired) electrons. The van der Waals surface area contributed by atoms with Crippen LogP contribution in [0, 0.1) is 6.92 Å². The molecular weight excluding hydrogens is 443 g/mol. The number of hydrogen-bond acceptors (Lipinski definition) is 8. The highest BCUT2D eigenvalue weighted by Crippen LogP contribution is 2.17. The first-order valence-electron chi connectivity index (χ1n) is 9.69. The van der Waals surface area contributed by atoms with Crippen LogP contribution in [-0.4, -0.2) is 67.0 Å². The Bertz CT molecular complexity index is 887. The first kappa shape index (κ1) is 23.1. The number of ether oxygens (including phenoxy) is 2. The molecule has 1 amide bonds. The second kappa shape index (κ2) is 11.7. The second-order valence-electron chi connectivity index (χ2n) is 6.70. The van der Waals surface area contributed by atoms with Crippen LogP contribution in [0.5, 0.6) is 5.88 Å². The van der Waals surface area contributed by atoms with E-state index >= 15 is 0 Å². The van der Waals surface area contributed by atoms with Crippen LogP contribution in [0.1, 0.15) is 11.3 Å². The van der Waals surface area contributed by atoms with Crippen LogP contribution in [0.3, 0.4) is 0 Å². The Morgan fingerprint density at radius 2 is 1.97 bits per heavy atom. The molecule has 1 aromatic heterocycles. The number of carbonyl (C=O) groups excluding carboxylic acids is 1. The largest absolute Gasteiger partial charge is 0.467 e. The minimum absolute atomic E-state index is 0.213. The van der Waals surface area contributed by atoms with Crippen molar-refractivity contribution in [2.24, 2.45) is 5.10 Å². The van der Waals surface area contributed by atoms with Crippen molar-refractivity contribution in [3.8, 4) is 5.88 Å². The maximum atomic E-state index is 12.0. The van der Waals surface area contributed by atoms with Crippen molar-refractivity contribution in [1.82, 2.24) is 15.4 Å². The van der Waals surface area contributed by atoms with E-state index in [1.54, 1.807) is 17.2 Å². The maximum Gasteiger partial charge on any atom is 0.278 e. The van der Waals surface area contributed by atoms with Gasteiger partial charge in [-0.05, 0) is 24.6 Å². The van der Waals surface area contributed by atoms with Gasteiger partial charge in [0.05, 0.1) is 31.4 Å². The number of benzene rings is 1. The van der Waals surface area contributed by atoms with Gasteiger partial charge in [0.1, 0.15) is 0 Å². The maximum absolute atomic E-state index is 12.0. The van der Waals surface area contributed by atoms with E-state index in [1.165, 1.54) is 0 Å². The molecule has 1 aliphatic heterocycles. The van der Waals surface area contributed by atoms with Gasteiger partial charge in [-0.1, -0.05) is 12.1 Å². The van der Waals surface area contributed by atoms with E-state index in [0.717, 1.165) is 30.0 Å². The average molecular weight is 467 g/mol. The molecule has 0 spiro atoms. The zero-order chi connectivity index (χ0) is 22.1. The topological polar surface area (TPSA) is 92.2 Å². The summed E-state index contributed by atoms with van der Waals surface area (Å²) in [6, 6.07) is 9.74. The molecule has 0 atom stereocenters. The molecule has 0 unspecified atom stereocenters. The third-order valence-electron chi connectivity index (χ3n) is 4.41. The molecule has 2 heterocycles. The highest BCUT2D eigenvalue weighted by atomic mass is 35.5. The zero-order valence-corrected chi connectivity index (χ0v) is 18.6. The summed E-state index contributed by atoms with van der Waals surface area (Å²) >= 11 is 11.7. The molecule has 0 saturated carbocycles. The van der Waals surface area contributed by atoms with Crippen LogP contribution in [0.4, 0.5) is 11.6 Å². The van der Waals surface area contributed by atoms with E-state index in [-0.39, 0.29) is 6.61 Å². The minimum atomic E-state index is -0.396. The Balaban J connectivity index is 1.49. The van der Waals surface area contributed by atoms with Gasteiger partial charge in [-0.25, -0.2) is 10.4 Å². The molecule has 1 fully saturated rings.